The lowest BCUT2D eigenvalue weighted by atomic mass is 10.1. The average Bonchev–Trinajstić information content (AvgIpc) is 2.81. The van der Waals surface area contributed by atoms with E-state index in [1.807, 2.05) is 18.2 Å². The quantitative estimate of drug-likeness (QED) is 0.514. The van der Waals surface area contributed by atoms with Crippen LogP contribution in [0.1, 0.15) is 5.56 Å². The van der Waals surface area contributed by atoms with E-state index in [0.29, 0.717) is 19.8 Å². The molecule has 0 atom stereocenters. The van der Waals surface area contributed by atoms with Gasteiger partial charge in [-0.15, -0.1) is 0 Å². The molecule has 1 aliphatic rings. The van der Waals surface area contributed by atoms with Crippen molar-refractivity contribution in [2.24, 2.45) is 0 Å². The molecule has 0 saturated carbocycles. The van der Waals surface area contributed by atoms with Crippen molar-refractivity contribution in [1.29, 1.82) is 0 Å². The fourth-order valence-electron chi connectivity index (χ4n) is 2.92. The third-order valence-electron chi connectivity index (χ3n) is 4.05. The van der Waals surface area contributed by atoms with Gasteiger partial charge >= 0.3 is 0 Å². The predicted octanol–water partition coefficient (Wildman–Crippen LogP) is 4.99. The summed E-state index contributed by atoms with van der Waals surface area (Å²) in [6, 6.07) is 8.07. The van der Waals surface area contributed by atoms with Crippen molar-refractivity contribution in [3.8, 4) is 0 Å². The minimum Gasteiger partial charge on any atom is -0.375 e. The summed E-state index contributed by atoms with van der Waals surface area (Å²) in [5.74, 6) is -1.73. The van der Waals surface area contributed by atoms with E-state index in [1.165, 1.54) is 6.07 Å². The molecule has 0 saturated heterocycles. The molecule has 4 rings (SSSR count). The van der Waals surface area contributed by atoms with Gasteiger partial charge in [-0.1, -0.05) is 22.0 Å². The van der Waals surface area contributed by atoms with E-state index in [4.69, 9.17) is 16.3 Å². The highest BCUT2D eigenvalue weighted by atomic mass is 79.9. The molecule has 25 heavy (non-hydrogen) atoms. The monoisotopic (exact) mass is 425 g/mol. The molecule has 2 heterocycles. The van der Waals surface area contributed by atoms with Crippen molar-refractivity contribution in [2.45, 2.75) is 6.61 Å². The number of halogens is 4. The maximum atomic E-state index is 14.5. The minimum absolute atomic E-state index is 0.00257. The van der Waals surface area contributed by atoms with E-state index in [-0.39, 0.29) is 22.0 Å². The second-order valence-corrected chi connectivity index (χ2v) is 6.71. The van der Waals surface area contributed by atoms with E-state index in [9.17, 15) is 8.78 Å². The summed E-state index contributed by atoms with van der Waals surface area (Å²) >= 11 is 9.54. The topological polar surface area (TPSA) is 38.2 Å². The molecule has 0 fully saturated rings. The van der Waals surface area contributed by atoms with Gasteiger partial charge in [0.15, 0.2) is 11.6 Å². The molecule has 0 amide bonds. The molecule has 0 radical (unpaired) electrons. The number of benzene rings is 2. The van der Waals surface area contributed by atoms with Gasteiger partial charge in [-0.25, -0.2) is 13.8 Å². The molecule has 0 spiro atoms. The second kappa shape index (κ2) is 6.48. The summed E-state index contributed by atoms with van der Waals surface area (Å²) in [5, 5.41) is -0.0348. The molecule has 128 valence electrons. The minimum atomic E-state index is -0.995. The zero-order chi connectivity index (χ0) is 17.6. The number of nitrogens with zero attached hydrogens (tertiary/aromatic N) is 3. The predicted molar refractivity (Wildman–Crippen MR) is 95.3 cm³/mol. The lowest BCUT2D eigenvalue weighted by Crippen LogP contribution is -2.22. The molecule has 1 aromatic heterocycles. The van der Waals surface area contributed by atoms with Crippen LogP contribution in [-0.2, 0) is 11.3 Å². The first-order chi connectivity index (χ1) is 12.1. The standard InChI is InChI=1S/C17H11BrClF2N3O/c18-10-2-1-3-13-9(10)8-25-7-6-24(13)16-14-12(22-17(19)23-16)5-4-11(20)15(14)21/h1-5H,6-8H2. The molecular weight excluding hydrogens is 416 g/mol. The SMILES string of the molecule is Fc1ccc2nc(Cl)nc(N3CCOCc4c(Br)cccc43)c2c1F. The fraction of sp³-hybridized carbons (Fsp3) is 0.176. The Morgan fingerprint density at radius 3 is 2.84 bits per heavy atom. The molecular formula is C17H11BrClF2N3O. The summed E-state index contributed by atoms with van der Waals surface area (Å²) in [5.41, 5.74) is 1.95. The Balaban J connectivity index is 2.02. The number of hydrogen-bond donors (Lipinski definition) is 0. The van der Waals surface area contributed by atoms with E-state index in [2.05, 4.69) is 25.9 Å². The Morgan fingerprint density at radius 2 is 2.00 bits per heavy atom. The van der Waals surface area contributed by atoms with Crippen LogP contribution in [0, 0.1) is 11.6 Å². The third-order valence-corrected chi connectivity index (χ3v) is 4.97. The van der Waals surface area contributed by atoms with Crippen LogP contribution in [-0.4, -0.2) is 23.1 Å². The smallest absolute Gasteiger partial charge is 0.224 e. The molecule has 0 N–H and O–H groups in total. The van der Waals surface area contributed by atoms with Crippen LogP contribution in [0.25, 0.3) is 10.9 Å². The lowest BCUT2D eigenvalue weighted by molar-refractivity contribution is 0.133. The highest BCUT2D eigenvalue weighted by molar-refractivity contribution is 9.10. The van der Waals surface area contributed by atoms with Gasteiger partial charge in [0.2, 0.25) is 5.28 Å². The second-order valence-electron chi connectivity index (χ2n) is 5.51. The Bertz CT molecular complexity index is 986. The molecule has 0 bridgehead atoms. The van der Waals surface area contributed by atoms with Gasteiger partial charge in [0, 0.05) is 22.3 Å². The molecule has 8 heteroatoms. The van der Waals surface area contributed by atoms with E-state index in [0.717, 1.165) is 21.8 Å². The first-order valence-corrected chi connectivity index (χ1v) is 8.67. The number of fused-ring (bicyclic) bond motifs is 2. The molecule has 0 unspecified atom stereocenters. The number of anilines is 2. The number of aromatic nitrogens is 2. The van der Waals surface area contributed by atoms with Gasteiger partial charge < -0.3 is 9.64 Å². The zero-order valence-electron chi connectivity index (χ0n) is 12.8. The van der Waals surface area contributed by atoms with Crippen LogP contribution < -0.4 is 4.90 Å². The maximum absolute atomic E-state index is 14.5. The van der Waals surface area contributed by atoms with Crippen LogP contribution in [0.15, 0.2) is 34.8 Å². The van der Waals surface area contributed by atoms with Gasteiger partial charge in [-0.05, 0) is 35.9 Å². The van der Waals surface area contributed by atoms with Gasteiger partial charge in [0.1, 0.15) is 5.82 Å². The first kappa shape index (κ1) is 16.6. The third kappa shape index (κ3) is 2.86. The number of rotatable bonds is 1. The van der Waals surface area contributed by atoms with Crippen LogP contribution in [0.2, 0.25) is 5.28 Å². The van der Waals surface area contributed by atoms with Gasteiger partial charge in [0.05, 0.1) is 24.1 Å². The molecule has 4 nitrogen and oxygen atoms in total. The molecule has 1 aliphatic heterocycles. The van der Waals surface area contributed by atoms with E-state index in [1.54, 1.807) is 4.90 Å². The summed E-state index contributed by atoms with van der Waals surface area (Å²) in [6.45, 7) is 1.23. The Morgan fingerprint density at radius 1 is 1.16 bits per heavy atom. The average molecular weight is 427 g/mol. The van der Waals surface area contributed by atoms with Crippen molar-refractivity contribution < 1.29 is 13.5 Å². The van der Waals surface area contributed by atoms with Crippen molar-refractivity contribution >= 4 is 49.9 Å². The zero-order valence-corrected chi connectivity index (χ0v) is 15.1. The van der Waals surface area contributed by atoms with Gasteiger partial charge in [0.25, 0.3) is 0 Å². The summed E-state index contributed by atoms with van der Waals surface area (Å²) in [6.07, 6.45) is 0. The first-order valence-electron chi connectivity index (χ1n) is 7.50. The van der Waals surface area contributed by atoms with Crippen molar-refractivity contribution in [1.82, 2.24) is 9.97 Å². The van der Waals surface area contributed by atoms with Crippen molar-refractivity contribution in [2.75, 3.05) is 18.1 Å². The Kier molecular flexibility index (Phi) is 4.31. The number of hydrogen-bond acceptors (Lipinski definition) is 4. The normalized spacial score (nSPS) is 14.5. The van der Waals surface area contributed by atoms with E-state index >= 15 is 0 Å². The molecule has 3 aromatic rings. The molecule has 2 aromatic carbocycles. The van der Waals surface area contributed by atoms with Crippen molar-refractivity contribution in [3.63, 3.8) is 0 Å². The fourth-order valence-corrected chi connectivity index (χ4v) is 3.56. The Hall–Kier alpha value is -1.83. The lowest BCUT2D eigenvalue weighted by Gasteiger charge is -2.25. The highest BCUT2D eigenvalue weighted by Crippen LogP contribution is 2.38. The Labute approximate surface area is 155 Å². The van der Waals surface area contributed by atoms with Crippen LogP contribution in [0.3, 0.4) is 0 Å². The van der Waals surface area contributed by atoms with Crippen LogP contribution in [0.4, 0.5) is 20.3 Å². The van der Waals surface area contributed by atoms with Gasteiger partial charge in [-0.3, -0.25) is 0 Å². The van der Waals surface area contributed by atoms with Gasteiger partial charge in [-0.2, -0.15) is 4.98 Å². The summed E-state index contributed by atoms with van der Waals surface area (Å²) in [7, 11) is 0. The largest absolute Gasteiger partial charge is 0.375 e. The van der Waals surface area contributed by atoms with Crippen molar-refractivity contribution in [3.05, 3.63) is 57.3 Å². The summed E-state index contributed by atoms with van der Waals surface area (Å²) < 4.78 is 34.9. The number of ether oxygens (including phenoxy) is 1. The van der Waals surface area contributed by atoms with Crippen LogP contribution >= 0.6 is 27.5 Å². The van der Waals surface area contributed by atoms with E-state index < -0.39 is 11.6 Å². The highest BCUT2D eigenvalue weighted by Gasteiger charge is 2.25. The van der Waals surface area contributed by atoms with Crippen LogP contribution in [0.5, 0.6) is 0 Å². The maximum Gasteiger partial charge on any atom is 0.224 e. The molecule has 0 aliphatic carbocycles. The summed E-state index contributed by atoms with van der Waals surface area (Å²) in [4.78, 5) is 9.99.